The summed E-state index contributed by atoms with van der Waals surface area (Å²) < 4.78 is 28.9. The van der Waals surface area contributed by atoms with Gasteiger partial charge in [0.1, 0.15) is 11.6 Å². The van der Waals surface area contributed by atoms with Crippen molar-refractivity contribution in [2.75, 3.05) is 19.6 Å². The fourth-order valence-electron chi connectivity index (χ4n) is 4.27. The summed E-state index contributed by atoms with van der Waals surface area (Å²) in [6.45, 7) is 3.28. The summed E-state index contributed by atoms with van der Waals surface area (Å²) in [5.41, 5.74) is 3.00. The van der Waals surface area contributed by atoms with Crippen LogP contribution in [-0.2, 0) is 11.2 Å². The molecule has 178 valence electrons. The van der Waals surface area contributed by atoms with E-state index in [-0.39, 0.29) is 17.4 Å². The van der Waals surface area contributed by atoms with E-state index in [1.54, 1.807) is 0 Å². The van der Waals surface area contributed by atoms with Crippen LogP contribution in [0.15, 0.2) is 54.7 Å². The molecule has 8 heteroatoms. The van der Waals surface area contributed by atoms with Crippen molar-refractivity contribution < 1.29 is 18.4 Å². The van der Waals surface area contributed by atoms with Crippen molar-refractivity contribution in [3.05, 3.63) is 83.2 Å². The van der Waals surface area contributed by atoms with Gasteiger partial charge in [-0.1, -0.05) is 18.2 Å². The van der Waals surface area contributed by atoms with Crippen LogP contribution in [0, 0.1) is 24.5 Å². The summed E-state index contributed by atoms with van der Waals surface area (Å²) in [6, 6.07) is 12.9. The second-order valence-electron chi connectivity index (χ2n) is 8.61. The number of hydrogen-bond acceptors (Lipinski definition) is 3. The van der Waals surface area contributed by atoms with E-state index in [4.69, 9.17) is 0 Å². The average Bonchev–Trinajstić information content (AvgIpc) is 3.22. The molecule has 1 fully saturated rings. The number of piperidine rings is 1. The van der Waals surface area contributed by atoms with Crippen LogP contribution in [0.3, 0.4) is 0 Å². The number of hydrogen-bond donors (Lipinski definition) is 1. The first-order chi connectivity index (χ1) is 16.4. The van der Waals surface area contributed by atoms with Crippen LogP contribution >= 0.6 is 0 Å². The minimum absolute atomic E-state index is 0.0169. The van der Waals surface area contributed by atoms with Crippen LogP contribution < -0.4 is 5.32 Å². The molecule has 1 saturated heterocycles. The zero-order valence-corrected chi connectivity index (χ0v) is 19.1. The van der Waals surface area contributed by atoms with Gasteiger partial charge in [-0.3, -0.25) is 9.59 Å². The monoisotopic (exact) mass is 466 g/mol. The Morgan fingerprint density at radius 3 is 2.53 bits per heavy atom. The topological polar surface area (TPSA) is 67.2 Å². The Bertz CT molecular complexity index is 1150. The van der Waals surface area contributed by atoms with Gasteiger partial charge in [0, 0.05) is 37.8 Å². The number of benzene rings is 2. The maximum absolute atomic E-state index is 13.9. The van der Waals surface area contributed by atoms with E-state index in [1.165, 1.54) is 4.90 Å². The van der Waals surface area contributed by atoms with Crippen molar-refractivity contribution in [1.29, 1.82) is 0 Å². The summed E-state index contributed by atoms with van der Waals surface area (Å²) in [5, 5.41) is 7.58. The number of aromatic nitrogens is 2. The number of rotatable bonds is 7. The molecule has 0 saturated carbocycles. The number of likely N-dealkylation sites (tertiary alicyclic amines) is 1. The molecule has 4 rings (SSSR count). The lowest BCUT2D eigenvalue weighted by molar-refractivity contribution is -0.126. The summed E-state index contributed by atoms with van der Waals surface area (Å²) in [5.74, 6) is -2.25. The quantitative estimate of drug-likeness (QED) is 0.534. The average molecular weight is 467 g/mol. The molecular weight excluding hydrogens is 438 g/mol. The van der Waals surface area contributed by atoms with Gasteiger partial charge in [0.15, 0.2) is 0 Å². The minimum Gasteiger partial charge on any atom is -0.356 e. The molecule has 0 radical (unpaired) electrons. The highest BCUT2D eigenvalue weighted by Gasteiger charge is 2.28. The third-order valence-corrected chi connectivity index (χ3v) is 6.26. The second-order valence-corrected chi connectivity index (χ2v) is 8.61. The lowest BCUT2D eigenvalue weighted by atomic mass is 9.95. The highest BCUT2D eigenvalue weighted by Crippen LogP contribution is 2.21. The SMILES string of the molecule is Cc1nn(-c2ccccc2)cc1CCCNC(=O)C1CCN(C(=O)c2ccc(F)cc2F)CC1. The van der Waals surface area contributed by atoms with Gasteiger partial charge in [0.05, 0.1) is 16.9 Å². The Hall–Kier alpha value is -3.55. The van der Waals surface area contributed by atoms with Gasteiger partial charge in [-0.05, 0) is 62.4 Å². The molecule has 1 aliphatic rings. The van der Waals surface area contributed by atoms with Gasteiger partial charge in [0.2, 0.25) is 5.91 Å². The molecule has 1 N–H and O–H groups in total. The van der Waals surface area contributed by atoms with Gasteiger partial charge in [-0.2, -0.15) is 5.10 Å². The van der Waals surface area contributed by atoms with E-state index >= 15 is 0 Å². The molecule has 0 atom stereocenters. The zero-order chi connectivity index (χ0) is 24.1. The molecule has 1 aliphatic heterocycles. The molecule has 6 nitrogen and oxygen atoms in total. The van der Waals surface area contributed by atoms with Gasteiger partial charge in [-0.25, -0.2) is 13.5 Å². The largest absolute Gasteiger partial charge is 0.356 e. The first-order valence-corrected chi connectivity index (χ1v) is 11.5. The van der Waals surface area contributed by atoms with Crippen LogP contribution in [-0.4, -0.2) is 46.1 Å². The minimum atomic E-state index is -0.866. The molecule has 2 amide bonds. The molecule has 0 spiro atoms. The van der Waals surface area contributed by atoms with E-state index < -0.39 is 17.5 Å². The van der Waals surface area contributed by atoms with E-state index in [2.05, 4.69) is 10.4 Å². The highest BCUT2D eigenvalue weighted by molar-refractivity contribution is 5.94. The number of carbonyl (C=O) groups excluding carboxylic acids is 2. The number of amides is 2. The highest BCUT2D eigenvalue weighted by atomic mass is 19.1. The fraction of sp³-hybridized carbons (Fsp3) is 0.346. The molecular formula is C26H28F2N4O2. The number of nitrogens with zero attached hydrogens (tertiary/aromatic N) is 3. The Balaban J connectivity index is 1.21. The molecule has 0 aliphatic carbocycles. The number of halogens is 2. The molecule has 2 heterocycles. The molecule has 2 aromatic carbocycles. The van der Waals surface area contributed by atoms with Crippen molar-refractivity contribution in [3.63, 3.8) is 0 Å². The first-order valence-electron chi connectivity index (χ1n) is 11.5. The summed E-state index contributed by atoms with van der Waals surface area (Å²) in [7, 11) is 0. The predicted octanol–water partition coefficient (Wildman–Crippen LogP) is 4.06. The third-order valence-electron chi connectivity index (χ3n) is 6.26. The van der Waals surface area contributed by atoms with Crippen LogP contribution in [0.4, 0.5) is 8.78 Å². The lowest BCUT2D eigenvalue weighted by Crippen LogP contribution is -2.43. The predicted molar refractivity (Wildman–Crippen MR) is 125 cm³/mol. The number of aryl methyl sites for hydroxylation is 2. The smallest absolute Gasteiger partial charge is 0.256 e. The maximum atomic E-state index is 13.9. The Kier molecular flexibility index (Phi) is 7.35. The third kappa shape index (κ3) is 5.50. The van der Waals surface area contributed by atoms with E-state index in [1.807, 2.05) is 48.1 Å². The van der Waals surface area contributed by atoms with Crippen molar-refractivity contribution >= 4 is 11.8 Å². The van der Waals surface area contributed by atoms with Gasteiger partial charge in [-0.15, -0.1) is 0 Å². The molecule has 0 bridgehead atoms. The molecule has 1 aromatic heterocycles. The fourth-order valence-corrected chi connectivity index (χ4v) is 4.27. The second kappa shape index (κ2) is 10.6. The normalized spacial score (nSPS) is 14.3. The van der Waals surface area contributed by atoms with Crippen LogP contribution in [0.5, 0.6) is 0 Å². The number of para-hydroxylation sites is 1. The number of carbonyl (C=O) groups is 2. The van der Waals surface area contributed by atoms with E-state index in [9.17, 15) is 18.4 Å². The van der Waals surface area contributed by atoms with Crippen molar-refractivity contribution in [1.82, 2.24) is 20.0 Å². The maximum Gasteiger partial charge on any atom is 0.256 e. The van der Waals surface area contributed by atoms with Crippen molar-refractivity contribution in [2.24, 2.45) is 5.92 Å². The Morgan fingerprint density at radius 2 is 1.82 bits per heavy atom. The van der Waals surface area contributed by atoms with Crippen LogP contribution in [0.2, 0.25) is 0 Å². The van der Waals surface area contributed by atoms with E-state index in [0.29, 0.717) is 38.5 Å². The van der Waals surface area contributed by atoms with Gasteiger partial charge < -0.3 is 10.2 Å². The molecule has 0 unspecified atom stereocenters. The zero-order valence-electron chi connectivity index (χ0n) is 19.1. The standard InChI is InChI=1S/C26H28F2N4O2/c1-18-20(17-32(30-18)22-7-3-2-4-8-22)6-5-13-29-25(33)19-11-14-31(15-12-19)26(34)23-10-9-21(27)16-24(23)28/h2-4,7-10,16-17,19H,5-6,11-15H2,1H3,(H,29,33). The van der Waals surface area contributed by atoms with Crippen molar-refractivity contribution in [2.45, 2.75) is 32.6 Å². The lowest BCUT2D eigenvalue weighted by Gasteiger charge is -2.31. The molecule has 34 heavy (non-hydrogen) atoms. The van der Waals surface area contributed by atoms with E-state index in [0.717, 1.165) is 41.9 Å². The summed E-state index contributed by atoms with van der Waals surface area (Å²) in [6.07, 6.45) is 4.68. The van der Waals surface area contributed by atoms with Crippen LogP contribution in [0.1, 0.15) is 40.9 Å². The summed E-state index contributed by atoms with van der Waals surface area (Å²) >= 11 is 0. The molecule has 3 aromatic rings. The number of nitrogens with one attached hydrogen (secondary N) is 1. The van der Waals surface area contributed by atoms with Gasteiger partial charge >= 0.3 is 0 Å². The van der Waals surface area contributed by atoms with Crippen LogP contribution in [0.25, 0.3) is 5.69 Å². The summed E-state index contributed by atoms with van der Waals surface area (Å²) in [4.78, 5) is 26.6. The van der Waals surface area contributed by atoms with Gasteiger partial charge in [0.25, 0.3) is 5.91 Å². The first kappa shape index (κ1) is 23.6. The Labute approximate surface area is 197 Å². The Morgan fingerprint density at radius 1 is 1.09 bits per heavy atom. The van der Waals surface area contributed by atoms with Crippen molar-refractivity contribution in [3.8, 4) is 5.69 Å².